The standard InChI is InChI=1S/C24H20ClFN2O4/c1-24(2,3)17-12-18(27-32-17)28-20(14-5-4-6-16(26)11-14)19(22(30)23(28)31)21(29)13-7-9-15(25)10-8-13/h4-12,20,29H,1-3H3/t20-/m0/s1. The molecule has 1 aromatic heterocycles. The number of benzene rings is 2. The van der Waals surface area contributed by atoms with Crippen molar-refractivity contribution in [2.45, 2.75) is 32.2 Å². The summed E-state index contributed by atoms with van der Waals surface area (Å²) in [5.74, 6) is -2.14. The molecule has 8 heteroatoms. The zero-order valence-electron chi connectivity index (χ0n) is 17.6. The number of anilines is 1. The fourth-order valence-corrected chi connectivity index (χ4v) is 3.68. The maximum atomic E-state index is 14.1. The molecule has 0 aliphatic carbocycles. The van der Waals surface area contributed by atoms with Crippen LogP contribution in [0.3, 0.4) is 0 Å². The number of rotatable bonds is 3. The lowest BCUT2D eigenvalue weighted by molar-refractivity contribution is -0.132. The van der Waals surface area contributed by atoms with Crippen LogP contribution in [0.1, 0.15) is 43.7 Å². The van der Waals surface area contributed by atoms with Crippen LogP contribution in [-0.4, -0.2) is 22.0 Å². The van der Waals surface area contributed by atoms with Gasteiger partial charge in [0.15, 0.2) is 5.82 Å². The number of ketones is 1. The molecule has 1 fully saturated rings. The van der Waals surface area contributed by atoms with Gasteiger partial charge in [-0.3, -0.25) is 14.5 Å². The number of hydrogen-bond acceptors (Lipinski definition) is 5. The molecule has 0 radical (unpaired) electrons. The maximum absolute atomic E-state index is 14.1. The predicted molar refractivity (Wildman–Crippen MR) is 118 cm³/mol. The van der Waals surface area contributed by atoms with Crippen LogP contribution in [0.2, 0.25) is 5.02 Å². The van der Waals surface area contributed by atoms with E-state index in [9.17, 15) is 19.1 Å². The molecule has 0 spiro atoms. The Bertz CT molecular complexity index is 1240. The van der Waals surface area contributed by atoms with Gasteiger partial charge in [0.1, 0.15) is 17.3 Å². The quantitative estimate of drug-likeness (QED) is 0.326. The summed E-state index contributed by atoms with van der Waals surface area (Å²) in [6, 6.07) is 12.1. The molecular formula is C24H20ClFN2O4. The van der Waals surface area contributed by atoms with Crippen molar-refractivity contribution >= 4 is 34.9 Å². The third kappa shape index (κ3) is 3.80. The fourth-order valence-electron chi connectivity index (χ4n) is 3.56. The van der Waals surface area contributed by atoms with Crippen molar-refractivity contribution in [3.05, 3.63) is 87.9 Å². The van der Waals surface area contributed by atoms with Crippen molar-refractivity contribution in [3.63, 3.8) is 0 Å². The van der Waals surface area contributed by atoms with Crippen molar-refractivity contribution in [2.24, 2.45) is 0 Å². The number of halogens is 2. The highest BCUT2D eigenvalue weighted by atomic mass is 35.5. The number of Topliss-reactive ketones (excluding diaryl/α,β-unsaturated/α-hetero) is 1. The highest BCUT2D eigenvalue weighted by Crippen LogP contribution is 2.42. The maximum Gasteiger partial charge on any atom is 0.301 e. The first-order chi connectivity index (χ1) is 15.1. The lowest BCUT2D eigenvalue weighted by Gasteiger charge is -2.23. The van der Waals surface area contributed by atoms with E-state index in [0.717, 1.165) is 4.90 Å². The molecule has 0 bridgehead atoms. The molecule has 1 saturated heterocycles. The van der Waals surface area contributed by atoms with Gasteiger partial charge in [-0.05, 0) is 42.0 Å². The Balaban J connectivity index is 1.93. The first-order valence-corrected chi connectivity index (χ1v) is 10.3. The number of hydrogen-bond donors (Lipinski definition) is 1. The minimum absolute atomic E-state index is 0.0986. The largest absolute Gasteiger partial charge is 0.507 e. The van der Waals surface area contributed by atoms with Crippen LogP contribution in [0.4, 0.5) is 10.2 Å². The van der Waals surface area contributed by atoms with E-state index in [1.807, 2.05) is 20.8 Å². The van der Waals surface area contributed by atoms with Gasteiger partial charge in [-0.2, -0.15) is 0 Å². The molecule has 2 heterocycles. The van der Waals surface area contributed by atoms with E-state index in [2.05, 4.69) is 5.16 Å². The summed E-state index contributed by atoms with van der Waals surface area (Å²) < 4.78 is 19.5. The predicted octanol–water partition coefficient (Wildman–Crippen LogP) is 5.39. The number of aliphatic hydroxyl groups excluding tert-OH is 1. The topological polar surface area (TPSA) is 83.6 Å². The van der Waals surface area contributed by atoms with Gasteiger partial charge in [0.05, 0.1) is 11.6 Å². The van der Waals surface area contributed by atoms with Crippen LogP contribution in [0, 0.1) is 5.82 Å². The summed E-state index contributed by atoms with van der Waals surface area (Å²) in [6.07, 6.45) is 0. The van der Waals surface area contributed by atoms with Gasteiger partial charge in [0.25, 0.3) is 5.78 Å². The minimum atomic E-state index is -1.10. The first-order valence-electron chi connectivity index (χ1n) is 9.87. The molecule has 4 rings (SSSR count). The van der Waals surface area contributed by atoms with E-state index in [-0.39, 0.29) is 11.4 Å². The second-order valence-corrected chi connectivity index (χ2v) is 8.97. The molecule has 1 N–H and O–H groups in total. The molecule has 1 aliphatic heterocycles. The molecule has 164 valence electrons. The third-order valence-electron chi connectivity index (χ3n) is 5.21. The van der Waals surface area contributed by atoms with E-state index < -0.39 is 34.7 Å². The van der Waals surface area contributed by atoms with Crippen LogP contribution in [-0.2, 0) is 15.0 Å². The molecule has 0 unspecified atom stereocenters. The number of carbonyl (C=O) groups is 2. The summed E-state index contributed by atoms with van der Waals surface area (Å²) in [5, 5.41) is 15.4. The average molecular weight is 455 g/mol. The Kier molecular flexibility index (Phi) is 5.38. The smallest absolute Gasteiger partial charge is 0.301 e. The minimum Gasteiger partial charge on any atom is -0.507 e. The number of amides is 1. The van der Waals surface area contributed by atoms with Crippen molar-refractivity contribution in [1.82, 2.24) is 5.16 Å². The summed E-state index contributed by atoms with van der Waals surface area (Å²) >= 11 is 5.92. The Labute approximate surface area is 188 Å². The van der Waals surface area contributed by atoms with Crippen molar-refractivity contribution in [3.8, 4) is 0 Å². The van der Waals surface area contributed by atoms with Crippen molar-refractivity contribution in [2.75, 3.05) is 4.90 Å². The summed E-state index contributed by atoms with van der Waals surface area (Å²) in [7, 11) is 0. The van der Waals surface area contributed by atoms with Gasteiger partial charge in [0, 0.05) is 22.1 Å². The first kappa shape index (κ1) is 21.8. The average Bonchev–Trinajstić information content (AvgIpc) is 3.32. The second kappa shape index (κ2) is 7.91. The van der Waals surface area contributed by atoms with E-state index in [4.69, 9.17) is 16.1 Å². The fraction of sp³-hybridized carbons (Fsp3) is 0.208. The van der Waals surface area contributed by atoms with Gasteiger partial charge >= 0.3 is 5.91 Å². The van der Waals surface area contributed by atoms with Crippen molar-refractivity contribution < 1.29 is 23.6 Å². The molecule has 2 aromatic carbocycles. The SMILES string of the molecule is CC(C)(C)c1cc(N2C(=O)C(=O)C(=C(O)c3ccc(Cl)cc3)[C@@H]2c2cccc(F)c2)no1. The summed E-state index contributed by atoms with van der Waals surface area (Å²) in [4.78, 5) is 27.2. The highest BCUT2D eigenvalue weighted by molar-refractivity contribution is 6.51. The Morgan fingerprint density at radius 1 is 1.12 bits per heavy atom. The summed E-state index contributed by atoms with van der Waals surface area (Å²) in [5.41, 5.74) is 0.0313. The van der Waals surface area contributed by atoms with Crippen LogP contribution in [0.15, 0.2) is 64.7 Å². The van der Waals surface area contributed by atoms with Gasteiger partial charge < -0.3 is 9.63 Å². The Hall–Kier alpha value is -3.45. The van der Waals surface area contributed by atoms with Crippen LogP contribution >= 0.6 is 11.6 Å². The van der Waals surface area contributed by atoms with Gasteiger partial charge in [-0.1, -0.05) is 49.7 Å². The van der Waals surface area contributed by atoms with Gasteiger partial charge in [0.2, 0.25) is 0 Å². The van der Waals surface area contributed by atoms with Crippen molar-refractivity contribution in [1.29, 1.82) is 0 Å². The van der Waals surface area contributed by atoms with Crippen LogP contribution in [0.25, 0.3) is 5.76 Å². The number of carbonyl (C=O) groups excluding carboxylic acids is 2. The van der Waals surface area contributed by atoms with E-state index >= 15 is 0 Å². The van der Waals surface area contributed by atoms with E-state index in [1.165, 1.54) is 30.3 Å². The van der Waals surface area contributed by atoms with E-state index in [1.54, 1.807) is 24.3 Å². The molecule has 1 amide bonds. The molecule has 1 aliphatic rings. The molecule has 6 nitrogen and oxygen atoms in total. The Morgan fingerprint density at radius 2 is 1.81 bits per heavy atom. The highest BCUT2D eigenvalue weighted by Gasteiger charge is 2.48. The molecule has 3 aromatic rings. The molecule has 1 atom stereocenters. The normalized spacial score (nSPS) is 18.4. The monoisotopic (exact) mass is 454 g/mol. The molecular weight excluding hydrogens is 435 g/mol. The van der Waals surface area contributed by atoms with Gasteiger partial charge in [-0.15, -0.1) is 0 Å². The van der Waals surface area contributed by atoms with Gasteiger partial charge in [-0.25, -0.2) is 4.39 Å². The van der Waals surface area contributed by atoms with E-state index in [0.29, 0.717) is 21.9 Å². The second-order valence-electron chi connectivity index (χ2n) is 8.53. The Morgan fingerprint density at radius 3 is 2.41 bits per heavy atom. The molecule has 32 heavy (non-hydrogen) atoms. The number of nitrogens with zero attached hydrogens (tertiary/aromatic N) is 2. The third-order valence-corrected chi connectivity index (χ3v) is 5.46. The number of aromatic nitrogens is 1. The zero-order valence-corrected chi connectivity index (χ0v) is 18.4. The number of aliphatic hydroxyl groups is 1. The zero-order chi connectivity index (χ0) is 23.2. The van der Waals surface area contributed by atoms with Crippen LogP contribution < -0.4 is 4.90 Å². The molecule has 0 saturated carbocycles. The lowest BCUT2D eigenvalue weighted by Crippen LogP contribution is -2.29. The lowest BCUT2D eigenvalue weighted by atomic mass is 9.93. The van der Waals surface area contributed by atoms with Crippen LogP contribution in [0.5, 0.6) is 0 Å². The summed E-state index contributed by atoms with van der Waals surface area (Å²) in [6.45, 7) is 5.74.